The Morgan fingerprint density at radius 1 is 1.21 bits per heavy atom. The van der Waals surface area contributed by atoms with E-state index in [-0.39, 0.29) is 0 Å². The molecule has 2 aromatic rings. The number of aromatic amines is 1. The van der Waals surface area contributed by atoms with Crippen LogP contribution in [0.5, 0.6) is 0 Å². The van der Waals surface area contributed by atoms with Gasteiger partial charge in [0.05, 0.1) is 5.56 Å². The highest BCUT2D eigenvalue weighted by atomic mass is 127. The zero-order chi connectivity index (χ0) is 10.3. The van der Waals surface area contributed by atoms with Crippen molar-refractivity contribution >= 4 is 33.5 Å². The summed E-state index contributed by atoms with van der Waals surface area (Å²) in [5.41, 5.74) is -0.104. The third kappa shape index (κ3) is 1.60. The van der Waals surface area contributed by atoms with Crippen molar-refractivity contribution in [3.63, 3.8) is 0 Å². The Labute approximate surface area is 91.4 Å². The van der Waals surface area contributed by atoms with Crippen LogP contribution in [-0.2, 0) is 6.18 Å². The van der Waals surface area contributed by atoms with Crippen molar-refractivity contribution in [1.82, 2.24) is 4.98 Å². The number of fused-ring (bicyclic) bond motifs is 1. The Hall–Kier alpha value is -0.720. The van der Waals surface area contributed by atoms with Crippen LogP contribution < -0.4 is 0 Å². The van der Waals surface area contributed by atoms with E-state index in [4.69, 9.17) is 0 Å². The van der Waals surface area contributed by atoms with Gasteiger partial charge in [0.1, 0.15) is 0 Å². The maximum absolute atomic E-state index is 12.3. The van der Waals surface area contributed by atoms with Crippen molar-refractivity contribution in [3.8, 4) is 0 Å². The summed E-state index contributed by atoms with van der Waals surface area (Å²) < 4.78 is 37.8. The molecule has 1 nitrogen and oxygen atoms in total. The summed E-state index contributed by atoms with van der Waals surface area (Å²) in [5, 5.41) is 0.818. The summed E-state index contributed by atoms with van der Waals surface area (Å²) in [6, 6.07) is 3.70. The van der Waals surface area contributed by atoms with Gasteiger partial charge in [0.25, 0.3) is 0 Å². The van der Waals surface area contributed by atoms with E-state index in [0.717, 1.165) is 21.1 Å². The fraction of sp³-hybridized carbons (Fsp3) is 0.111. The number of halogens is 4. The minimum atomic E-state index is -4.27. The van der Waals surface area contributed by atoms with Gasteiger partial charge in [-0.05, 0) is 34.7 Å². The maximum Gasteiger partial charge on any atom is 0.416 e. The van der Waals surface area contributed by atoms with E-state index in [2.05, 4.69) is 27.6 Å². The van der Waals surface area contributed by atoms with Gasteiger partial charge in [0.15, 0.2) is 0 Å². The second kappa shape index (κ2) is 3.15. The largest absolute Gasteiger partial charge is 0.416 e. The fourth-order valence-corrected chi connectivity index (χ4v) is 1.89. The van der Waals surface area contributed by atoms with Crippen LogP contribution >= 0.6 is 22.6 Å². The van der Waals surface area contributed by atoms with Crippen LogP contribution in [0.1, 0.15) is 5.56 Å². The number of rotatable bonds is 0. The summed E-state index contributed by atoms with van der Waals surface area (Å²) in [4.78, 5) is 2.79. The second-order valence-corrected chi connectivity index (χ2v) is 4.06. The fourth-order valence-electron chi connectivity index (χ4n) is 1.27. The summed E-state index contributed by atoms with van der Waals surface area (Å²) >= 11 is 2.07. The van der Waals surface area contributed by atoms with Crippen molar-refractivity contribution in [2.75, 3.05) is 0 Å². The van der Waals surface area contributed by atoms with Gasteiger partial charge >= 0.3 is 6.18 Å². The molecule has 0 amide bonds. The lowest BCUT2D eigenvalue weighted by molar-refractivity contribution is -0.137. The van der Waals surface area contributed by atoms with Gasteiger partial charge in [-0.3, -0.25) is 0 Å². The molecule has 2 rings (SSSR count). The van der Waals surface area contributed by atoms with Gasteiger partial charge in [-0.1, -0.05) is 6.07 Å². The quantitative estimate of drug-likeness (QED) is 0.713. The van der Waals surface area contributed by atoms with Gasteiger partial charge in [-0.15, -0.1) is 0 Å². The van der Waals surface area contributed by atoms with Crippen LogP contribution in [0, 0.1) is 3.57 Å². The maximum atomic E-state index is 12.3. The molecule has 0 saturated carbocycles. The third-order valence-electron chi connectivity index (χ3n) is 1.96. The molecule has 0 aliphatic rings. The lowest BCUT2D eigenvalue weighted by Gasteiger charge is -2.05. The van der Waals surface area contributed by atoms with E-state index >= 15 is 0 Å². The molecule has 1 aromatic heterocycles. The Morgan fingerprint density at radius 2 is 1.93 bits per heavy atom. The molecule has 0 radical (unpaired) electrons. The van der Waals surface area contributed by atoms with Crippen LogP contribution in [0.4, 0.5) is 13.2 Å². The summed E-state index contributed by atoms with van der Waals surface area (Å²) in [7, 11) is 0. The van der Waals surface area contributed by atoms with Crippen molar-refractivity contribution in [2.45, 2.75) is 6.18 Å². The zero-order valence-electron chi connectivity index (χ0n) is 6.82. The lowest BCUT2D eigenvalue weighted by Crippen LogP contribution is -2.04. The first-order chi connectivity index (χ1) is 6.48. The van der Waals surface area contributed by atoms with Crippen LogP contribution in [0.25, 0.3) is 10.9 Å². The zero-order valence-corrected chi connectivity index (χ0v) is 8.98. The van der Waals surface area contributed by atoms with E-state index < -0.39 is 11.7 Å². The van der Waals surface area contributed by atoms with E-state index in [1.165, 1.54) is 6.07 Å². The standard InChI is InChI=1S/C9H5F3IN/c10-9(11,12)5-1-2-6-7(13)4-14-8(6)3-5/h1-4,14H. The summed E-state index contributed by atoms with van der Waals surface area (Å²) in [6.45, 7) is 0. The molecule has 0 aliphatic carbocycles. The molecule has 0 atom stereocenters. The topological polar surface area (TPSA) is 15.8 Å². The van der Waals surface area contributed by atoms with Crippen LogP contribution in [0.3, 0.4) is 0 Å². The molecule has 5 heteroatoms. The van der Waals surface area contributed by atoms with Crippen molar-refractivity contribution in [1.29, 1.82) is 0 Å². The van der Waals surface area contributed by atoms with Crippen molar-refractivity contribution < 1.29 is 13.2 Å². The third-order valence-corrected chi connectivity index (χ3v) is 2.85. The summed E-state index contributed by atoms with van der Waals surface area (Å²) in [5.74, 6) is 0. The smallest absolute Gasteiger partial charge is 0.360 e. The second-order valence-electron chi connectivity index (χ2n) is 2.89. The monoisotopic (exact) mass is 311 g/mol. The average molecular weight is 311 g/mol. The molecule has 1 aromatic carbocycles. The van der Waals surface area contributed by atoms with E-state index in [9.17, 15) is 13.2 Å². The Kier molecular flexibility index (Phi) is 2.21. The molecule has 1 N–H and O–H groups in total. The van der Waals surface area contributed by atoms with Gasteiger partial charge < -0.3 is 4.98 Å². The normalized spacial score (nSPS) is 12.3. The average Bonchev–Trinajstić information content (AvgIpc) is 2.46. The number of alkyl halides is 3. The predicted molar refractivity (Wildman–Crippen MR) is 56.0 cm³/mol. The first-order valence-corrected chi connectivity index (χ1v) is 4.90. The van der Waals surface area contributed by atoms with Gasteiger partial charge in [-0.2, -0.15) is 13.2 Å². The van der Waals surface area contributed by atoms with Crippen molar-refractivity contribution in [3.05, 3.63) is 33.5 Å². The molecule has 14 heavy (non-hydrogen) atoms. The number of aromatic nitrogens is 1. The minimum absolute atomic E-state index is 0.518. The molecule has 0 aliphatic heterocycles. The lowest BCUT2D eigenvalue weighted by atomic mass is 10.1. The van der Waals surface area contributed by atoms with Gasteiger partial charge in [0.2, 0.25) is 0 Å². The number of hydrogen-bond acceptors (Lipinski definition) is 0. The van der Waals surface area contributed by atoms with Crippen molar-refractivity contribution in [2.24, 2.45) is 0 Å². The Bertz CT molecular complexity index is 472. The first-order valence-electron chi connectivity index (χ1n) is 3.82. The SMILES string of the molecule is FC(F)(F)c1ccc2c(I)c[nH]c2c1. The van der Waals surface area contributed by atoms with Crippen LogP contribution in [-0.4, -0.2) is 4.98 Å². The molecule has 0 unspecified atom stereocenters. The van der Waals surface area contributed by atoms with Crippen LogP contribution in [0.2, 0.25) is 0 Å². The molecule has 1 heterocycles. The molecular formula is C9H5F3IN. The number of nitrogens with one attached hydrogen (secondary N) is 1. The minimum Gasteiger partial charge on any atom is -0.360 e. The predicted octanol–water partition coefficient (Wildman–Crippen LogP) is 3.79. The molecular weight excluding hydrogens is 306 g/mol. The molecule has 0 fully saturated rings. The molecule has 74 valence electrons. The van der Waals surface area contributed by atoms with E-state index in [1.807, 2.05) is 0 Å². The molecule has 0 bridgehead atoms. The Balaban J connectivity index is 2.63. The Morgan fingerprint density at radius 3 is 2.57 bits per heavy atom. The summed E-state index contributed by atoms with van der Waals surface area (Å²) in [6.07, 6.45) is -2.59. The highest BCUT2D eigenvalue weighted by Crippen LogP contribution is 2.32. The van der Waals surface area contributed by atoms with E-state index in [1.54, 1.807) is 6.20 Å². The van der Waals surface area contributed by atoms with Crippen LogP contribution in [0.15, 0.2) is 24.4 Å². The first kappa shape index (κ1) is 9.82. The van der Waals surface area contributed by atoms with Gasteiger partial charge in [-0.25, -0.2) is 0 Å². The highest BCUT2D eigenvalue weighted by Gasteiger charge is 2.30. The number of H-pyrrole nitrogens is 1. The van der Waals surface area contributed by atoms with Gasteiger partial charge in [0, 0.05) is 20.7 Å². The number of benzene rings is 1. The highest BCUT2D eigenvalue weighted by molar-refractivity contribution is 14.1. The van der Waals surface area contributed by atoms with E-state index in [0.29, 0.717) is 5.52 Å². The molecule has 0 spiro atoms. The number of hydrogen-bond donors (Lipinski definition) is 1. The molecule has 0 saturated heterocycles.